The van der Waals surface area contributed by atoms with Gasteiger partial charge in [0.15, 0.2) is 0 Å². The highest BCUT2D eigenvalue weighted by Crippen LogP contribution is 2.11. The molecule has 1 rings (SSSR count). The lowest BCUT2D eigenvalue weighted by molar-refractivity contribution is -0.139. The van der Waals surface area contributed by atoms with Gasteiger partial charge in [0.25, 0.3) is 0 Å². The molecular weight excluding hydrogens is 246 g/mol. The van der Waals surface area contributed by atoms with Crippen LogP contribution in [0.3, 0.4) is 0 Å². The van der Waals surface area contributed by atoms with Gasteiger partial charge < -0.3 is 10.0 Å². The topological polar surface area (TPSA) is 75.4 Å². The predicted octanol–water partition coefficient (Wildman–Crippen LogP) is 1.40. The molecule has 1 aromatic heterocycles. The van der Waals surface area contributed by atoms with Crippen molar-refractivity contribution in [1.29, 1.82) is 0 Å². The molecule has 19 heavy (non-hydrogen) atoms. The van der Waals surface area contributed by atoms with Crippen LogP contribution in [0.4, 0.5) is 0 Å². The minimum Gasteiger partial charge on any atom is -0.481 e. The molecule has 1 aromatic rings. The number of rotatable bonds is 7. The van der Waals surface area contributed by atoms with E-state index in [9.17, 15) is 9.59 Å². The fraction of sp³-hybridized carbons (Fsp3) is 0.615. The Morgan fingerprint density at radius 2 is 2.05 bits per heavy atom. The lowest BCUT2D eigenvalue weighted by Crippen LogP contribution is -2.40. The van der Waals surface area contributed by atoms with Gasteiger partial charge in [-0.15, -0.1) is 0 Å². The number of carbonyl (C=O) groups is 2. The summed E-state index contributed by atoms with van der Waals surface area (Å²) in [6, 6.07) is 1.34. The Hall–Kier alpha value is -1.85. The van der Waals surface area contributed by atoms with Crippen LogP contribution in [0.15, 0.2) is 18.5 Å². The zero-order chi connectivity index (χ0) is 14.4. The van der Waals surface area contributed by atoms with Gasteiger partial charge in [-0.1, -0.05) is 13.8 Å². The molecule has 0 bridgehead atoms. The SMILES string of the molecule is CC(C)CN(CCC(=O)O)C(=O)C(C)n1cccn1. The van der Waals surface area contributed by atoms with Gasteiger partial charge in [-0.3, -0.25) is 14.3 Å². The second kappa shape index (κ2) is 6.92. The van der Waals surface area contributed by atoms with E-state index in [1.165, 1.54) is 0 Å². The maximum absolute atomic E-state index is 12.4. The van der Waals surface area contributed by atoms with Crippen LogP contribution >= 0.6 is 0 Å². The molecule has 0 aromatic carbocycles. The molecule has 0 fully saturated rings. The predicted molar refractivity (Wildman–Crippen MR) is 70.6 cm³/mol. The van der Waals surface area contributed by atoms with Crippen molar-refractivity contribution < 1.29 is 14.7 Å². The highest BCUT2D eigenvalue weighted by Gasteiger charge is 2.23. The number of carbonyl (C=O) groups excluding carboxylic acids is 1. The Bertz CT molecular complexity index is 415. The van der Waals surface area contributed by atoms with Gasteiger partial charge in [0.2, 0.25) is 5.91 Å². The van der Waals surface area contributed by atoms with Crippen molar-refractivity contribution in [1.82, 2.24) is 14.7 Å². The maximum atomic E-state index is 12.4. The molecule has 6 heteroatoms. The van der Waals surface area contributed by atoms with Crippen LogP contribution in [-0.4, -0.2) is 44.8 Å². The first-order valence-corrected chi connectivity index (χ1v) is 6.41. The summed E-state index contributed by atoms with van der Waals surface area (Å²) in [7, 11) is 0. The number of nitrogens with zero attached hydrogens (tertiary/aromatic N) is 3. The number of carboxylic acids is 1. The molecule has 106 valence electrons. The van der Waals surface area contributed by atoms with E-state index < -0.39 is 12.0 Å². The van der Waals surface area contributed by atoms with E-state index in [1.807, 2.05) is 13.8 Å². The summed E-state index contributed by atoms with van der Waals surface area (Å²) in [6.07, 6.45) is 3.31. The highest BCUT2D eigenvalue weighted by molar-refractivity contribution is 5.80. The molecule has 1 amide bonds. The summed E-state index contributed by atoms with van der Waals surface area (Å²) in [5.74, 6) is -0.700. The van der Waals surface area contributed by atoms with Crippen molar-refractivity contribution in [3.63, 3.8) is 0 Å². The number of aliphatic carboxylic acids is 1. The molecule has 0 saturated carbocycles. The number of carboxylic acid groups (broad SMARTS) is 1. The Morgan fingerprint density at radius 1 is 1.37 bits per heavy atom. The Kier molecular flexibility index (Phi) is 5.54. The van der Waals surface area contributed by atoms with Gasteiger partial charge in [0.1, 0.15) is 6.04 Å². The maximum Gasteiger partial charge on any atom is 0.305 e. The minimum atomic E-state index is -0.895. The van der Waals surface area contributed by atoms with Crippen LogP contribution in [0.1, 0.15) is 33.2 Å². The van der Waals surface area contributed by atoms with Gasteiger partial charge in [0, 0.05) is 25.5 Å². The average molecular weight is 267 g/mol. The fourth-order valence-electron chi connectivity index (χ4n) is 1.85. The molecule has 1 unspecified atom stereocenters. The highest BCUT2D eigenvalue weighted by atomic mass is 16.4. The third-order valence-electron chi connectivity index (χ3n) is 2.77. The van der Waals surface area contributed by atoms with E-state index >= 15 is 0 Å². The fourth-order valence-corrected chi connectivity index (χ4v) is 1.85. The van der Waals surface area contributed by atoms with E-state index in [2.05, 4.69) is 5.10 Å². The molecule has 1 heterocycles. The summed E-state index contributed by atoms with van der Waals surface area (Å²) in [5.41, 5.74) is 0. The van der Waals surface area contributed by atoms with Crippen LogP contribution in [-0.2, 0) is 9.59 Å². The first-order valence-electron chi connectivity index (χ1n) is 6.41. The van der Waals surface area contributed by atoms with Crippen LogP contribution in [0.2, 0.25) is 0 Å². The Morgan fingerprint density at radius 3 is 2.53 bits per heavy atom. The lowest BCUT2D eigenvalue weighted by atomic mass is 10.1. The monoisotopic (exact) mass is 267 g/mol. The first-order chi connectivity index (χ1) is 8.91. The third-order valence-corrected chi connectivity index (χ3v) is 2.77. The molecule has 0 aliphatic carbocycles. The van der Waals surface area contributed by atoms with E-state index in [0.29, 0.717) is 12.5 Å². The number of hydrogen-bond acceptors (Lipinski definition) is 3. The van der Waals surface area contributed by atoms with Gasteiger partial charge in [0.05, 0.1) is 6.42 Å². The zero-order valence-electron chi connectivity index (χ0n) is 11.6. The smallest absolute Gasteiger partial charge is 0.305 e. The van der Waals surface area contributed by atoms with Gasteiger partial charge in [-0.2, -0.15) is 5.10 Å². The van der Waals surface area contributed by atoms with Crippen molar-refractivity contribution in [3.05, 3.63) is 18.5 Å². The van der Waals surface area contributed by atoms with Crippen molar-refractivity contribution in [2.45, 2.75) is 33.2 Å². The molecule has 0 aliphatic rings. The molecule has 0 radical (unpaired) electrons. The van der Waals surface area contributed by atoms with E-state index in [4.69, 9.17) is 5.11 Å². The van der Waals surface area contributed by atoms with E-state index in [1.54, 1.807) is 35.0 Å². The Balaban J connectivity index is 2.72. The molecule has 0 aliphatic heterocycles. The number of aromatic nitrogens is 2. The number of amides is 1. The van der Waals surface area contributed by atoms with E-state index in [-0.39, 0.29) is 18.9 Å². The standard InChI is InChI=1S/C13H21N3O3/c1-10(2)9-15(8-5-12(17)18)13(19)11(3)16-7-4-6-14-16/h4,6-7,10-11H,5,8-9H2,1-3H3,(H,17,18). The Labute approximate surface area is 113 Å². The lowest BCUT2D eigenvalue weighted by Gasteiger charge is -2.27. The second-order valence-electron chi connectivity index (χ2n) is 4.98. The molecule has 0 saturated heterocycles. The molecule has 1 N–H and O–H groups in total. The van der Waals surface area contributed by atoms with Crippen molar-refractivity contribution in [3.8, 4) is 0 Å². The number of hydrogen-bond donors (Lipinski definition) is 1. The van der Waals surface area contributed by atoms with Gasteiger partial charge >= 0.3 is 5.97 Å². The third kappa shape index (κ3) is 4.73. The van der Waals surface area contributed by atoms with Crippen molar-refractivity contribution in [2.75, 3.05) is 13.1 Å². The van der Waals surface area contributed by atoms with Crippen molar-refractivity contribution >= 4 is 11.9 Å². The summed E-state index contributed by atoms with van der Waals surface area (Å²) in [5, 5.41) is 12.8. The summed E-state index contributed by atoms with van der Waals surface area (Å²) >= 11 is 0. The quantitative estimate of drug-likeness (QED) is 0.810. The largest absolute Gasteiger partial charge is 0.481 e. The molecule has 6 nitrogen and oxygen atoms in total. The molecule has 1 atom stereocenters. The first kappa shape index (κ1) is 15.2. The average Bonchev–Trinajstić information content (AvgIpc) is 2.85. The summed E-state index contributed by atoms with van der Waals surface area (Å²) in [4.78, 5) is 24.6. The van der Waals surface area contributed by atoms with Crippen LogP contribution in [0.5, 0.6) is 0 Å². The molecule has 0 spiro atoms. The zero-order valence-corrected chi connectivity index (χ0v) is 11.6. The molecular formula is C13H21N3O3. The van der Waals surface area contributed by atoms with Crippen LogP contribution in [0, 0.1) is 5.92 Å². The van der Waals surface area contributed by atoms with Crippen LogP contribution < -0.4 is 0 Å². The normalized spacial score (nSPS) is 12.4. The van der Waals surface area contributed by atoms with Gasteiger partial charge in [-0.25, -0.2) is 0 Å². The van der Waals surface area contributed by atoms with Crippen molar-refractivity contribution in [2.24, 2.45) is 5.92 Å². The van der Waals surface area contributed by atoms with Crippen LogP contribution in [0.25, 0.3) is 0 Å². The van der Waals surface area contributed by atoms with Gasteiger partial charge in [-0.05, 0) is 18.9 Å². The summed E-state index contributed by atoms with van der Waals surface area (Å²) < 4.78 is 1.58. The van der Waals surface area contributed by atoms with E-state index in [0.717, 1.165) is 0 Å². The summed E-state index contributed by atoms with van der Waals surface area (Å²) in [6.45, 7) is 6.55. The minimum absolute atomic E-state index is 0.0374. The second-order valence-corrected chi connectivity index (χ2v) is 4.98.